The van der Waals surface area contributed by atoms with Gasteiger partial charge in [-0.3, -0.25) is 9.48 Å². The molecule has 1 aromatic heterocycles. The van der Waals surface area contributed by atoms with Crippen LogP contribution in [0.3, 0.4) is 0 Å². The molecular weight excluding hydrogens is 477 g/mol. The molecule has 9 heteroatoms. The molecule has 2 aromatic carbocycles. The standard InChI is InChI=1S/C26H30ClF3N4O/c1-17-14-23(26(28,29)30)32-34(17)13-12-33(16-18-6-8-19(9-7-18)25(2,3)4)24(35)21-15-20(27)10-11-22(21)31-5/h6-11,14-15,31H,12-13,16H2,1-5H3. The normalized spacial score (nSPS) is 12.0. The Labute approximate surface area is 208 Å². The van der Waals surface area contributed by atoms with Gasteiger partial charge in [0.2, 0.25) is 0 Å². The maximum atomic E-state index is 13.6. The largest absolute Gasteiger partial charge is 0.435 e. The van der Waals surface area contributed by atoms with E-state index < -0.39 is 11.9 Å². The Morgan fingerprint density at radius 3 is 2.29 bits per heavy atom. The Morgan fingerprint density at radius 1 is 1.09 bits per heavy atom. The summed E-state index contributed by atoms with van der Waals surface area (Å²) in [6.45, 7) is 8.49. The number of aryl methyl sites for hydroxylation is 1. The number of benzene rings is 2. The van der Waals surface area contributed by atoms with Gasteiger partial charge in [0.1, 0.15) is 0 Å². The molecule has 0 atom stereocenters. The first-order valence-electron chi connectivity index (χ1n) is 11.3. The summed E-state index contributed by atoms with van der Waals surface area (Å²) in [6, 6.07) is 14.0. The Kier molecular flexibility index (Phi) is 7.84. The summed E-state index contributed by atoms with van der Waals surface area (Å²) in [5, 5.41) is 7.12. The number of amides is 1. The molecule has 35 heavy (non-hydrogen) atoms. The summed E-state index contributed by atoms with van der Waals surface area (Å²) in [7, 11) is 1.71. The van der Waals surface area contributed by atoms with Gasteiger partial charge in [0, 0.05) is 36.5 Å². The lowest BCUT2D eigenvalue weighted by Gasteiger charge is -2.25. The molecule has 0 aliphatic rings. The number of hydrogen-bond acceptors (Lipinski definition) is 3. The summed E-state index contributed by atoms with van der Waals surface area (Å²) >= 11 is 6.16. The lowest BCUT2D eigenvalue weighted by Crippen LogP contribution is -2.34. The van der Waals surface area contributed by atoms with Crippen molar-refractivity contribution in [2.45, 2.75) is 52.4 Å². The molecule has 1 heterocycles. The third-order valence-corrected chi connectivity index (χ3v) is 6.05. The molecular formula is C26H30ClF3N4O. The number of carbonyl (C=O) groups is 1. The highest BCUT2D eigenvalue weighted by atomic mass is 35.5. The summed E-state index contributed by atoms with van der Waals surface area (Å²) in [6.07, 6.45) is -4.52. The number of hydrogen-bond donors (Lipinski definition) is 1. The number of nitrogens with zero attached hydrogens (tertiary/aromatic N) is 3. The molecule has 0 saturated carbocycles. The fourth-order valence-corrected chi connectivity index (χ4v) is 3.93. The predicted octanol–water partition coefficient (Wildman–Crippen LogP) is 6.55. The second kappa shape index (κ2) is 10.3. The molecule has 0 fully saturated rings. The molecule has 0 bridgehead atoms. The Bertz CT molecular complexity index is 1180. The van der Waals surface area contributed by atoms with Gasteiger partial charge in [-0.1, -0.05) is 56.6 Å². The third kappa shape index (κ3) is 6.57. The monoisotopic (exact) mass is 506 g/mol. The van der Waals surface area contributed by atoms with Crippen molar-refractivity contribution in [3.05, 3.63) is 81.6 Å². The van der Waals surface area contributed by atoms with E-state index in [0.29, 0.717) is 22.0 Å². The van der Waals surface area contributed by atoms with Crippen LogP contribution in [0.1, 0.15) is 53.6 Å². The van der Waals surface area contributed by atoms with E-state index >= 15 is 0 Å². The van der Waals surface area contributed by atoms with E-state index in [1.165, 1.54) is 10.2 Å². The van der Waals surface area contributed by atoms with Crippen molar-refractivity contribution in [2.75, 3.05) is 18.9 Å². The minimum Gasteiger partial charge on any atom is -0.387 e. The van der Waals surface area contributed by atoms with Crippen LogP contribution in [0.4, 0.5) is 18.9 Å². The smallest absolute Gasteiger partial charge is 0.387 e. The van der Waals surface area contributed by atoms with E-state index in [-0.39, 0.29) is 31.0 Å². The summed E-state index contributed by atoms with van der Waals surface area (Å²) in [4.78, 5) is 15.2. The van der Waals surface area contributed by atoms with Crippen molar-refractivity contribution >= 4 is 23.2 Å². The van der Waals surface area contributed by atoms with Crippen LogP contribution in [0.5, 0.6) is 0 Å². The maximum Gasteiger partial charge on any atom is 0.435 e. The molecule has 0 saturated heterocycles. The lowest BCUT2D eigenvalue weighted by molar-refractivity contribution is -0.141. The van der Waals surface area contributed by atoms with E-state index in [2.05, 4.69) is 31.2 Å². The molecule has 3 aromatic rings. The van der Waals surface area contributed by atoms with Gasteiger partial charge in [0.15, 0.2) is 5.69 Å². The third-order valence-electron chi connectivity index (χ3n) is 5.82. The highest BCUT2D eigenvalue weighted by Crippen LogP contribution is 2.29. The molecule has 5 nitrogen and oxygen atoms in total. The first kappa shape index (κ1) is 26.6. The Hall–Kier alpha value is -3.00. The SMILES string of the molecule is CNc1ccc(Cl)cc1C(=O)N(CCn1nc(C(F)(F)F)cc1C)Cc1ccc(C(C)(C)C)cc1. The van der Waals surface area contributed by atoms with Gasteiger partial charge in [-0.15, -0.1) is 0 Å². The van der Waals surface area contributed by atoms with Crippen LogP contribution in [-0.4, -0.2) is 34.2 Å². The summed E-state index contributed by atoms with van der Waals surface area (Å²) in [5.41, 5.74) is 2.49. The molecule has 0 aliphatic carbocycles. The minimum atomic E-state index is -4.52. The molecule has 0 radical (unpaired) electrons. The van der Waals surface area contributed by atoms with Gasteiger partial charge in [0.05, 0.1) is 12.1 Å². The highest BCUT2D eigenvalue weighted by Gasteiger charge is 2.34. The van der Waals surface area contributed by atoms with E-state index in [9.17, 15) is 18.0 Å². The van der Waals surface area contributed by atoms with Gasteiger partial charge < -0.3 is 10.2 Å². The van der Waals surface area contributed by atoms with Gasteiger partial charge in [-0.2, -0.15) is 18.3 Å². The zero-order chi connectivity index (χ0) is 26.0. The predicted molar refractivity (Wildman–Crippen MR) is 133 cm³/mol. The van der Waals surface area contributed by atoms with Crippen LogP contribution in [0.25, 0.3) is 0 Å². The molecule has 0 unspecified atom stereocenters. The number of carbonyl (C=O) groups excluding carboxylic acids is 1. The van der Waals surface area contributed by atoms with Gasteiger partial charge in [-0.05, 0) is 47.7 Å². The average Bonchev–Trinajstić information content (AvgIpc) is 3.17. The van der Waals surface area contributed by atoms with Crippen molar-refractivity contribution in [2.24, 2.45) is 0 Å². The van der Waals surface area contributed by atoms with Crippen molar-refractivity contribution in [3.63, 3.8) is 0 Å². The molecule has 0 spiro atoms. The lowest BCUT2D eigenvalue weighted by atomic mass is 9.87. The number of halogens is 4. The Morgan fingerprint density at radius 2 is 1.74 bits per heavy atom. The highest BCUT2D eigenvalue weighted by molar-refractivity contribution is 6.31. The minimum absolute atomic E-state index is 0.00959. The van der Waals surface area contributed by atoms with E-state index in [0.717, 1.165) is 11.6 Å². The Balaban J connectivity index is 1.90. The van der Waals surface area contributed by atoms with E-state index in [4.69, 9.17) is 11.6 Å². The van der Waals surface area contributed by atoms with Gasteiger partial charge in [0.25, 0.3) is 5.91 Å². The van der Waals surface area contributed by atoms with Crippen LogP contribution >= 0.6 is 11.6 Å². The quantitative estimate of drug-likeness (QED) is 0.395. The second-order valence-corrected chi connectivity index (χ2v) is 9.94. The van der Waals surface area contributed by atoms with Crippen LogP contribution in [0, 0.1) is 6.92 Å². The fourth-order valence-electron chi connectivity index (χ4n) is 3.76. The molecule has 3 rings (SSSR count). The molecule has 188 valence electrons. The van der Waals surface area contributed by atoms with Crippen LogP contribution in [-0.2, 0) is 24.7 Å². The van der Waals surface area contributed by atoms with E-state index in [1.54, 1.807) is 37.1 Å². The fraction of sp³-hybridized carbons (Fsp3) is 0.385. The number of anilines is 1. The topological polar surface area (TPSA) is 50.2 Å². The van der Waals surface area contributed by atoms with Crippen LogP contribution in [0.2, 0.25) is 5.02 Å². The number of alkyl halides is 3. The van der Waals surface area contributed by atoms with Crippen LogP contribution < -0.4 is 5.32 Å². The summed E-state index contributed by atoms with van der Waals surface area (Å²) < 4.78 is 40.6. The van der Waals surface area contributed by atoms with Crippen molar-refractivity contribution in [3.8, 4) is 0 Å². The summed E-state index contributed by atoms with van der Waals surface area (Å²) in [5.74, 6) is -0.280. The zero-order valence-electron chi connectivity index (χ0n) is 20.5. The zero-order valence-corrected chi connectivity index (χ0v) is 21.3. The molecule has 0 aliphatic heterocycles. The first-order chi connectivity index (χ1) is 16.3. The van der Waals surface area contributed by atoms with Crippen LogP contribution in [0.15, 0.2) is 48.5 Å². The van der Waals surface area contributed by atoms with Crippen molar-refractivity contribution < 1.29 is 18.0 Å². The molecule has 1 N–H and O–H groups in total. The molecule has 1 amide bonds. The number of aromatic nitrogens is 2. The second-order valence-electron chi connectivity index (χ2n) is 9.51. The van der Waals surface area contributed by atoms with Crippen molar-refractivity contribution in [1.82, 2.24) is 14.7 Å². The maximum absolute atomic E-state index is 13.6. The number of nitrogens with one attached hydrogen (secondary N) is 1. The average molecular weight is 507 g/mol. The van der Waals surface area contributed by atoms with Crippen molar-refractivity contribution in [1.29, 1.82) is 0 Å². The van der Waals surface area contributed by atoms with Gasteiger partial charge in [-0.25, -0.2) is 0 Å². The first-order valence-corrected chi connectivity index (χ1v) is 11.6. The van der Waals surface area contributed by atoms with E-state index in [1.807, 2.05) is 24.3 Å². The van der Waals surface area contributed by atoms with Gasteiger partial charge >= 0.3 is 6.18 Å². The number of rotatable bonds is 7.